The molecule has 19 heavy (non-hydrogen) atoms. The number of rotatable bonds is 5. The molecule has 0 heterocycles. The minimum Gasteiger partial charge on any atom is -0.352 e. The maximum atomic E-state index is 12.1. The highest BCUT2D eigenvalue weighted by Crippen LogP contribution is 2.22. The maximum absolute atomic E-state index is 12.1. The van der Waals surface area contributed by atoms with Gasteiger partial charge >= 0.3 is 0 Å². The molecular formula is C15H21Cl2NO. The fourth-order valence-corrected chi connectivity index (χ4v) is 2.71. The Morgan fingerprint density at radius 2 is 1.74 bits per heavy atom. The van der Waals surface area contributed by atoms with Crippen molar-refractivity contribution in [3.05, 3.63) is 33.8 Å². The molecule has 106 valence electrons. The van der Waals surface area contributed by atoms with Crippen LogP contribution in [-0.4, -0.2) is 12.5 Å². The molecule has 1 aromatic rings. The van der Waals surface area contributed by atoms with Gasteiger partial charge in [0.15, 0.2) is 0 Å². The molecule has 0 aromatic heterocycles. The van der Waals surface area contributed by atoms with Crippen LogP contribution in [0.2, 0.25) is 10.0 Å². The van der Waals surface area contributed by atoms with Gasteiger partial charge in [0.25, 0.3) is 5.91 Å². The van der Waals surface area contributed by atoms with Crippen molar-refractivity contribution < 1.29 is 4.79 Å². The Bertz CT molecular complexity index is 436. The van der Waals surface area contributed by atoms with Crippen LogP contribution >= 0.6 is 23.2 Å². The van der Waals surface area contributed by atoms with Crippen molar-refractivity contribution in [3.63, 3.8) is 0 Å². The second-order valence-corrected chi connectivity index (χ2v) is 6.33. The van der Waals surface area contributed by atoms with Gasteiger partial charge in [-0.2, -0.15) is 0 Å². The van der Waals surface area contributed by atoms with Crippen LogP contribution in [0.1, 0.15) is 38.1 Å². The summed E-state index contributed by atoms with van der Waals surface area (Å²) in [6, 6.07) is 4.91. The third-order valence-electron chi connectivity index (χ3n) is 3.39. The quantitative estimate of drug-likeness (QED) is 0.842. The maximum Gasteiger partial charge on any atom is 0.252 e. The molecule has 0 spiro atoms. The molecule has 0 atom stereocenters. The van der Waals surface area contributed by atoms with Gasteiger partial charge in [0.2, 0.25) is 0 Å². The molecule has 0 aliphatic rings. The van der Waals surface area contributed by atoms with E-state index >= 15 is 0 Å². The van der Waals surface area contributed by atoms with Crippen LogP contribution < -0.4 is 5.32 Å². The monoisotopic (exact) mass is 301 g/mol. The number of carbonyl (C=O) groups excluding carboxylic acids is 1. The molecule has 0 saturated heterocycles. The average molecular weight is 302 g/mol. The summed E-state index contributed by atoms with van der Waals surface area (Å²) in [7, 11) is 0. The van der Waals surface area contributed by atoms with E-state index in [1.165, 1.54) is 0 Å². The smallest absolute Gasteiger partial charge is 0.252 e. The van der Waals surface area contributed by atoms with Crippen molar-refractivity contribution >= 4 is 29.1 Å². The van der Waals surface area contributed by atoms with E-state index in [4.69, 9.17) is 23.2 Å². The number of nitrogens with one attached hydrogen (secondary N) is 1. The molecule has 0 radical (unpaired) electrons. The van der Waals surface area contributed by atoms with E-state index in [9.17, 15) is 4.79 Å². The number of hydrogen-bond donors (Lipinski definition) is 1. The minimum absolute atomic E-state index is 0.145. The van der Waals surface area contributed by atoms with Gasteiger partial charge in [0.1, 0.15) is 0 Å². The number of amides is 1. The molecule has 0 saturated carbocycles. The summed E-state index contributed by atoms with van der Waals surface area (Å²) in [5, 5.41) is 3.87. The Morgan fingerprint density at radius 1 is 1.16 bits per heavy atom. The molecule has 0 aliphatic carbocycles. The summed E-state index contributed by atoms with van der Waals surface area (Å²) in [5.41, 5.74) is 0.470. The standard InChI is InChI=1S/C15H21Cl2NO/c1-9(2)13(10(3)4)8-18-15(19)12-6-5-11(16)7-14(12)17/h5-7,9-10,13H,8H2,1-4H3,(H,18,19). The number of carbonyl (C=O) groups is 1. The molecule has 1 amide bonds. The highest BCUT2D eigenvalue weighted by atomic mass is 35.5. The largest absolute Gasteiger partial charge is 0.352 e. The molecule has 0 bridgehead atoms. The molecule has 1 aromatic carbocycles. The zero-order valence-electron chi connectivity index (χ0n) is 11.8. The summed E-state index contributed by atoms with van der Waals surface area (Å²) >= 11 is 11.8. The first-order valence-electron chi connectivity index (χ1n) is 6.56. The van der Waals surface area contributed by atoms with Crippen molar-refractivity contribution in [1.29, 1.82) is 0 Å². The Labute approximate surface area is 125 Å². The van der Waals surface area contributed by atoms with E-state index in [0.717, 1.165) is 0 Å². The molecule has 0 aliphatic heterocycles. The zero-order valence-corrected chi connectivity index (χ0v) is 13.3. The van der Waals surface area contributed by atoms with Gasteiger partial charge in [0.05, 0.1) is 10.6 Å². The van der Waals surface area contributed by atoms with Gasteiger partial charge < -0.3 is 5.32 Å². The third-order valence-corrected chi connectivity index (χ3v) is 3.93. The number of hydrogen-bond acceptors (Lipinski definition) is 1. The second-order valence-electron chi connectivity index (χ2n) is 5.49. The fourth-order valence-electron chi connectivity index (χ4n) is 2.22. The summed E-state index contributed by atoms with van der Waals surface area (Å²) in [4.78, 5) is 12.1. The molecule has 2 nitrogen and oxygen atoms in total. The summed E-state index contributed by atoms with van der Waals surface area (Å²) < 4.78 is 0. The van der Waals surface area contributed by atoms with Gasteiger partial charge in [-0.25, -0.2) is 0 Å². The van der Waals surface area contributed by atoms with Gasteiger partial charge in [-0.05, 0) is 36.0 Å². The van der Waals surface area contributed by atoms with Crippen LogP contribution in [0.3, 0.4) is 0 Å². The molecule has 1 rings (SSSR count). The first kappa shape index (κ1) is 16.3. The lowest BCUT2D eigenvalue weighted by molar-refractivity contribution is 0.0937. The van der Waals surface area contributed by atoms with Crippen LogP contribution in [0.4, 0.5) is 0 Å². The minimum atomic E-state index is -0.145. The second kappa shape index (κ2) is 7.16. The Balaban J connectivity index is 2.69. The van der Waals surface area contributed by atoms with Crippen molar-refractivity contribution in [2.75, 3.05) is 6.54 Å². The van der Waals surface area contributed by atoms with Crippen LogP contribution in [0.5, 0.6) is 0 Å². The van der Waals surface area contributed by atoms with E-state index in [-0.39, 0.29) is 5.91 Å². The van der Waals surface area contributed by atoms with Crippen LogP contribution in [0.15, 0.2) is 18.2 Å². The van der Waals surface area contributed by atoms with Gasteiger partial charge in [-0.3, -0.25) is 4.79 Å². The predicted molar refractivity (Wildman–Crippen MR) is 82.0 cm³/mol. The lowest BCUT2D eigenvalue weighted by atomic mass is 9.85. The summed E-state index contributed by atoms with van der Waals surface area (Å²) in [6.07, 6.45) is 0. The summed E-state index contributed by atoms with van der Waals surface area (Å²) in [6.45, 7) is 9.35. The molecular weight excluding hydrogens is 281 g/mol. The molecule has 0 unspecified atom stereocenters. The summed E-state index contributed by atoms with van der Waals surface area (Å²) in [5.74, 6) is 1.37. The van der Waals surface area contributed by atoms with E-state index in [1.807, 2.05) is 0 Å². The highest BCUT2D eigenvalue weighted by Gasteiger charge is 2.19. The average Bonchev–Trinajstić information content (AvgIpc) is 2.27. The van der Waals surface area contributed by atoms with Crippen molar-refractivity contribution in [3.8, 4) is 0 Å². The Morgan fingerprint density at radius 3 is 2.21 bits per heavy atom. The number of benzene rings is 1. The van der Waals surface area contributed by atoms with Gasteiger partial charge in [0, 0.05) is 11.6 Å². The first-order chi connectivity index (χ1) is 8.82. The van der Waals surface area contributed by atoms with Crippen molar-refractivity contribution in [1.82, 2.24) is 5.32 Å². The van der Waals surface area contributed by atoms with Gasteiger partial charge in [-0.1, -0.05) is 50.9 Å². The molecule has 4 heteroatoms. The predicted octanol–water partition coefficient (Wildman–Crippen LogP) is 4.65. The lowest BCUT2D eigenvalue weighted by Crippen LogP contribution is -2.34. The number of halogens is 2. The molecule has 1 N–H and O–H groups in total. The van der Waals surface area contributed by atoms with Crippen LogP contribution in [-0.2, 0) is 0 Å². The van der Waals surface area contributed by atoms with Crippen LogP contribution in [0.25, 0.3) is 0 Å². The fraction of sp³-hybridized carbons (Fsp3) is 0.533. The Hall–Kier alpha value is -0.730. The normalized spacial score (nSPS) is 11.4. The first-order valence-corrected chi connectivity index (χ1v) is 7.31. The molecule has 0 fully saturated rings. The van der Waals surface area contributed by atoms with Gasteiger partial charge in [-0.15, -0.1) is 0 Å². The van der Waals surface area contributed by atoms with Crippen molar-refractivity contribution in [2.45, 2.75) is 27.7 Å². The zero-order chi connectivity index (χ0) is 14.6. The third kappa shape index (κ3) is 4.70. The SMILES string of the molecule is CC(C)C(CNC(=O)c1ccc(Cl)cc1Cl)C(C)C. The highest BCUT2D eigenvalue weighted by molar-refractivity contribution is 6.36. The Kier molecular flexibility index (Phi) is 6.15. The topological polar surface area (TPSA) is 29.1 Å². The van der Waals surface area contributed by atoms with Crippen LogP contribution in [0, 0.1) is 17.8 Å². The van der Waals surface area contributed by atoms with E-state index < -0.39 is 0 Å². The van der Waals surface area contributed by atoms with E-state index in [2.05, 4.69) is 33.0 Å². The lowest BCUT2D eigenvalue weighted by Gasteiger charge is -2.25. The van der Waals surface area contributed by atoms with Crippen molar-refractivity contribution in [2.24, 2.45) is 17.8 Å². The van der Waals surface area contributed by atoms with E-state index in [1.54, 1.807) is 18.2 Å². The van der Waals surface area contributed by atoms with E-state index in [0.29, 0.717) is 39.9 Å².